The number of hydrogen-bond acceptors (Lipinski definition) is 5. The molecule has 8 heteroatoms. The highest BCUT2D eigenvalue weighted by Crippen LogP contribution is 2.37. The van der Waals surface area contributed by atoms with Crippen molar-refractivity contribution in [1.29, 1.82) is 0 Å². The summed E-state index contributed by atoms with van der Waals surface area (Å²) in [7, 11) is 0. The number of nitrogens with zero attached hydrogens (tertiary/aromatic N) is 3. The number of hydrogen-bond donors (Lipinski definition) is 2. The lowest BCUT2D eigenvalue weighted by atomic mass is 10.1. The van der Waals surface area contributed by atoms with E-state index in [1.54, 1.807) is 9.47 Å². The van der Waals surface area contributed by atoms with Crippen LogP contribution >= 0.6 is 0 Å². The van der Waals surface area contributed by atoms with Gasteiger partial charge in [0.1, 0.15) is 11.2 Å². The number of halogens is 1. The predicted octanol–water partition coefficient (Wildman–Crippen LogP) is 1.84. The van der Waals surface area contributed by atoms with Gasteiger partial charge in [0.25, 0.3) is 0 Å². The number of rotatable bonds is 3. The Balaban J connectivity index is 1.95. The van der Waals surface area contributed by atoms with Crippen molar-refractivity contribution in [2.24, 2.45) is 5.73 Å². The minimum Gasteiger partial charge on any atom is -0.477 e. The molecular formula is C17H19FN4O3. The molecule has 2 aromatic heterocycles. The SMILES string of the molecule is NC1CCCCN1c1nc2c(cc1F)c(=O)c(C(=O)O)cn2C1CC1. The Bertz CT molecular complexity index is 922. The molecule has 1 saturated heterocycles. The number of nitrogens with two attached hydrogens (primary N) is 1. The summed E-state index contributed by atoms with van der Waals surface area (Å²) in [5, 5.41) is 9.26. The molecule has 7 nitrogen and oxygen atoms in total. The molecule has 132 valence electrons. The summed E-state index contributed by atoms with van der Waals surface area (Å²) in [6, 6.07) is 1.20. The van der Waals surface area contributed by atoms with Gasteiger partial charge in [0, 0.05) is 18.8 Å². The number of carboxylic acid groups (broad SMARTS) is 1. The van der Waals surface area contributed by atoms with E-state index in [4.69, 9.17) is 5.73 Å². The second-order valence-corrected chi connectivity index (χ2v) is 6.74. The summed E-state index contributed by atoms with van der Waals surface area (Å²) in [6.45, 7) is 0.609. The largest absolute Gasteiger partial charge is 0.477 e. The maximum absolute atomic E-state index is 14.7. The van der Waals surface area contributed by atoms with Crippen LogP contribution in [0.3, 0.4) is 0 Å². The standard InChI is InChI=1S/C17H19FN4O3/c18-12-7-10-14(23)11(17(24)25)8-22(9-4-5-9)15(10)20-16(12)21-6-2-1-3-13(21)19/h7-9,13H,1-6,19H2,(H,24,25). The number of carboxylic acids is 1. The molecule has 0 radical (unpaired) electrons. The van der Waals surface area contributed by atoms with E-state index in [2.05, 4.69) is 4.98 Å². The minimum atomic E-state index is -1.32. The van der Waals surface area contributed by atoms with E-state index in [0.717, 1.165) is 38.2 Å². The van der Waals surface area contributed by atoms with E-state index in [9.17, 15) is 19.1 Å². The van der Waals surface area contributed by atoms with Crippen molar-refractivity contribution >= 4 is 22.8 Å². The van der Waals surface area contributed by atoms with Crippen LogP contribution in [0.1, 0.15) is 48.5 Å². The van der Waals surface area contributed by atoms with E-state index in [-0.39, 0.29) is 29.0 Å². The molecule has 3 N–H and O–H groups in total. The molecule has 1 aliphatic carbocycles. The Labute approximate surface area is 142 Å². The van der Waals surface area contributed by atoms with Crippen LogP contribution in [-0.4, -0.2) is 33.3 Å². The minimum absolute atomic E-state index is 0.00127. The number of pyridine rings is 2. The molecular weight excluding hydrogens is 327 g/mol. The van der Waals surface area contributed by atoms with Crippen molar-refractivity contribution < 1.29 is 14.3 Å². The molecule has 2 aliphatic rings. The van der Waals surface area contributed by atoms with Crippen LogP contribution in [-0.2, 0) is 0 Å². The molecule has 0 amide bonds. The lowest BCUT2D eigenvalue weighted by Gasteiger charge is -2.34. The number of aromatic nitrogens is 2. The quantitative estimate of drug-likeness (QED) is 0.879. The lowest BCUT2D eigenvalue weighted by molar-refractivity contribution is 0.0695. The average molecular weight is 346 g/mol. The van der Waals surface area contributed by atoms with Gasteiger partial charge in [-0.2, -0.15) is 0 Å². The summed E-state index contributed by atoms with van der Waals surface area (Å²) < 4.78 is 16.4. The second kappa shape index (κ2) is 5.80. The van der Waals surface area contributed by atoms with Gasteiger partial charge >= 0.3 is 5.97 Å². The Morgan fingerprint density at radius 1 is 1.32 bits per heavy atom. The summed E-state index contributed by atoms with van der Waals surface area (Å²) in [5.41, 5.74) is 5.36. The van der Waals surface area contributed by atoms with Gasteiger partial charge in [-0.3, -0.25) is 4.79 Å². The van der Waals surface area contributed by atoms with E-state index in [1.807, 2.05) is 0 Å². The number of aromatic carboxylic acids is 1. The molecule has 1 saturated carbocycles. The normalized spacial score (nSPS) is 20.9. The molecule has 0 bridgehead atoms. The third kappa shape index (κ3) is 2.66. The monoisotopic (exact) mass is 346 g/mol. The molecule has 2 fully saturated rings. The van der Waals surface area contributed by atoms with Crippen molar-refractivity contribution in [3.05, 3.63) is 33.9 Å². The first-order valence-corrected chi connectivity index (χ1v) is 8.48. The first-order valence-electron chi connectivity index (χ1n) is 8.48. The molecule has 4 rings (SSSR count). The van der Waals surface area contributed by atoms with E-state index in [0.29, 0.717) is 12.2 Å². The van der Waals surface area contributed by atoms with Crippen molar-refractivity contribution in [2.45, 2.75) is 44.3 Å². The maximum atomic E-state index is 14.7. The first-order chi connectivity index (χ1) is 12.0. The Kier molecular flexibility index (Phi) is 3.72. The molecule has 0 aromatic carbocycles. The highest BCUT2D eigenvalue weighted by atomic mass is 19.1. The molecule has 0 spiro atoms. The van der Waals surface area contributed by atoms with Crippen LogP contribution in [0.4, 0.5) is 10.2 Å². The number of anilines is 1. The second-order valence-electron chi connectivity index (χ2n) is 6.74. The predicted molar refractivity (Wildman–Crippen MR) is 90.4 cm³/mol. The van der Waals surface area contributed by atoms with E-state index < -0.39 is 17.2 Å². The summed E-state index contributed by atoms with van der Waals surface area (Å²) >= 11 is 0. The number of piperidine rings is 1. The van der Waals surface area contributed by atoms with Crippen LogP contribution in [0.5, 0.6) is 0 Å². The van der Waals surface area contributed by atoms with Gasteiger partial charge in [0.05, 0.1) is 11.6 Å². The number of carbonyl (C=O) groups is 1. The average Bonchev–Trinajstić information content (AvgIpc) is 3.40. The van der Waals surface area contributed by atoms with Gasteiger partial charge < -0.3 is 20.3 Å². The summed E-state index contributed by atoms with van der Waals surface area (Å²) in [4.78, 5) is 29.9. The Morgan fingerprint density at radius 3 is 2.72 bits per heavy atom. The van der Waals surface area contributed by atoms with Crippen molar-refractivity contribution in [1.82, 2.24) is 9.55 Å². The molecule has 1 unspecified atom stereocenters. The van der Waals surface area contributed by atoms with Crippen LogP contribution < -0.4 is 16.1 Å². The third-order valence-corrected chi connectivity index (χ3v) is 4.93. The van der Waals surface area contributed by atoms with Gasteiger partial charge in [-0.1, -0.05) is 0 Å². The zero-order valence-electron chi connectivity index (χ0n) is 13.6. The highest BCUT2D eigenvalue weighted by Gasteiger charge is 2.30. The molecule has 2 aromatic rings. The van der Waals surface area contributed by atoms with Gasteiger partial charge in [-0.05, 0) is 38.2 Å². The summed E-state index contributed by atoms with van der Waals surface area (Å²) in [5.74, 6) is -1.83. The van der Waals surface area contributed by atoms with Crippen LogP contribution in [0.15, 0.2) is 17.1 Å². The zero-order chi connectivity index (χ0) is 17.7. The van der Waals surface area contributed by atoms with Crippen molar-refractivity contribution in [2.75, 3.05) is 11.4 Å². The Hall–Kier alpha value is -2.48. The molecule has 3 heterocycles. The van der Waals surface area contributed by atoms with Crippen LogP contribution in [0.2, 0.25) is 0 Å². The fraction of sp³-hybridized carbons (Fsp3) is 0.471. The van der Waals surface area contributed by atoms with Crippen LogP contribution in [0.25, 0.3) is 11.0 Å². The third-order valence-electron chi connectivity index (χ3n) is 4.93. The number of fused-ring (bicyclic) bond motifs is 1. The van der Waals surface area contributed by atoms with Gasteiger partial charge in [-0.15, -0.1) is 0 Å². The lowest BCUT2D eigenvalue weighted by Crippen LogP contribution is -2.46. The molecule has 1 atom stereocenters. The zero-order valence-corrected chi connectivity index (χ0v) is 13.6. The smallest absolute Gasteiger partial charge is 0.341 e. The molecule has 1 aliphatic heterocycles. The topological polar surface area (TPSA) is 101 Å². The van der Waals surface area contributed by atoms with Crippen LogP contribution in [0, 0.1) is 5.82 Å². The fourth-order valence-electron chi connectivity index (χ4n) is 3.44. The van der Waals surface area contributed by atoms with E-state index >= 15 is 0 Å². The van der Waals surface area contributed by atoms with E-state index in [1.165, 1.54) is 6.20 Å². The van der Waals surface area contributed by atoms with Gasteiger partial charge in [0.2, 0.25) is 5.43 Å². The first kappa shape index (κ1) is 16.0. The highest BCUT2D eigenvalue weighted by molar-refractivity contribution is 5.92. The van der Waals surface area contributed by atoms with Gasteiger partial charge in [0.15, 0.2) is 11.6 Å². The van der Waals surface area contributed by atoms with Crippen molar-refractivity contribution in [3.63, 3.8) is 0 Å². The molecule has 25 heavy (non-hydrogen) atoms. The Morgan fingerprint density at radius 2 is 2.08 bits per heavy atom. The fourth-order valence-corrected chi connectivity index (χ4v) is 3.44. The maximum Gasteiger partial charge on any atom is 0.341 e. The van der Waals surface area contributed by atoms with Crippen molar-refractivity contribution in [3.8, 4) is 0 Å². The summed E-state index contributed by atoms with van der Waals surface area (Å²) in [6.07, 6.45) is 5.43. The van der Waals surface area contributed by atoms with Gasteiger partial charge in [-0.25, -0.2) is 14.2 Å².